The van der Waals surface area contributed by atoms with E-state index in [0.717, 1.165) is 12.0 Å². The van der Waals surface area contributed by atoms with Gasteiger partial charge in [0, 0.05) is 25.4 Å². The van der Waals surface area contributed by atoms with Crippen LogP contribution in [0.5, 0.6) is 0 Å². The van der Waals surface area contributed by atoms with Crippen molar-refractivity contribution in [1.82, 2.24) is 20.4 Å². The number of aromatic nitrogens is 2. The van der Waals surface area contributed by atoms with Gasteiger partial charge in [0.15, 0.2) is 0 Å². The lowest BCUT2D eigenvalue weighted by molar-refractivity contribution is 0.238. The number of aryl methyl sites for hydroxylation is 1. The standard InChI is InChI=1S/C13H18N4OS/c1-10(12-7-15-17(2)8-12)16-13(18)14-5-3-11-4-6-19-9-11/h4,6-10H,3,5H2,1-2H3,(H2,14,16,18)/t10-/m0/s1. The van der Waals surface area contributed by atoms with Crippen LogP contribution in [0.4, 0.5) is 4.79 Å². The highest BCUT2D eigenvalue weighted by Gasteiger charge is 2.10. The van der Waals surface area contributed by atoms with E-state index < -0.39 is 0 Å². The molecule has 0 saturated heterocycles. The fraction of sp³-hybridized carbons (Fsp3) is 0.385. The van der Waals surface area contributed by atoms with Crippen LogP contribution < -0.4 is 10.6 Å². The Labute approximate surface area is 116 Å². The SMILES string of the molecule is C[C@H](NC(=O)NCCc1ccsc1)c1cnn(C)c1. The Morgan fingerprint density at radius 2 is 2.42 bits per heavy atom. The molecule has 0 spiro atoms. The lowest BCUT2D eigenvalue weighted by Gasteiger charge is -2.12. The maximum absolute atomic E-state index is 11.7. The second kappa shape index (κ2) is 6.38. The summed E-state index contributed by atoms with van der Waals surface area (Å²) >= 11 is 1.67. The number of amides is 2. The minimum Gasteiger partial charge on any atom is -0.338 e. The van der Waals surface area contributed by atoms with Crippen molar-refractivity contribution in [2.45, 2.75) is 19.4 Å². The van der Waals surface area contributed by atoms with E-state index in [1.165, 1.54) is 5.56 Å². The highest BCUT2D eigenvalue weighted by molar-refractivity contribution is 7.07. The molecule has 6 heteroatoms. The van der Waals surface area contributed by atoms with Gasteiger partial charge < -0.3 is 10.6 Å². The van der Waals surface area contributed by atoms with Gasteiger partial charge in [-0.05, 0) is 35.7 Å². The Morgan fingerprint density at radius 3 is 3.05 bits per heavy atom. The van der Waals surface area contributed by atoms with Crippen LogP contribution in [0.2, 0.25) is 0 Å². The number of carbonyl (C=O) groups is 1. The summed E-state index contributed by atoms with van der Waals surface area (Å²) in [6.45, 7) is 2.58. The molecular weight excluding hydrogens is 260 g/mol. The molecule has 0 radical (unpaired) electrons. The van der Waals surface area contributed by atoms with Gasteiger partial charge in [0.1, 0.15) is 0 Å². The molecule has 19 heavy (non-hydrogen) atoms. The maximum Gasteiger partial charge on any atom is 0.315 e. The van der Waals surface area contributed by atoms with E-state index in [1.54, 1.807) is 22.2 Å². The number of nitrogens with one attached hydrogen (secondary N) is 2. The van der Waals surface area contributed by atoms with Gasteiger partial charge in [-0.2, -0.15) is 16.4 Å². The van der Waals surface area contributed by atoms with E-state index >= 15 is 0 Å². The number of rotatable bonds is 5. The van der Waals surface area contributed by atoms with Gasteiger partial charge in [-0.25, -0.2) is 4.79 Å². The Morgan fingerprint density at radius 1 is 1.58 bits per heavy atom. The first-order valence-electron chi connectivity index (χ1n) is 6.19. The van der Waals surface area contributed by atoms with E-state index in [4.69, 9.17) is 0 Å². The Hall–Kier alpha value is -1.82. The van der Waals surface area contributed by atoms with Gasteiger partial charge in [-0.3, -0.25) is 4.68 Å². The Kier molecular flexibility index (Phi) is 4.57. The zero-order chi connectivity index (χ0) is 13.7. The third kappa shape index (κ3) is 4.10. The van der Waals surface area contributed by atoms with Crippen LogP contribution in [0.3, 0.4) is 0 Å². The summed E-state index contributed by atoms with van der Waals surface area (Å²) in [5, 5.41) is 14.0. The number of hydrogen-bond donors (Lipinski definition) is 2. The van der Waals surface area contributed by atoms with Crippen LogP contribution in [0, 0.1) is 0 Å². The topological polar surface area (TPSA) is 59.0 Å². The molecule has 0 aliphatic carbocycles. The average Bonchev–Trinajstić information content (AvgIpc) is 3.00. The second-order valence-electron chi connectivity index (χ2n) is 4.45. The Balaban J connectivity index is 1.72. The minimum atomic E-state index is -0.147. The summed E-state index contributed by atoms with van der Waals surface area (Å²) in [4.78, 5) is 11.7. The summed E-state index contributed by atoms with van der Waals surface area (Å²) in [6.07, 6.45) is 4.52. The van der Waals surface area contributed by atoms with Crippen LogP contribution in [0.1, 0.15) is 24.1 Å². The molecule has 2 aromatic rings. The van der Waals surface area contributed by atoms with Gasteiger partial charge in [0.05, 0.1) is 12.2 Å². The van der Waals surface area contributed by atoms with Crippen molar-refractivity contribution in [3.63, 3.8) is 0 Å². The van der Waals surface area contributed by atoms with Crippen molar-refractivity contribution in [2.75, 3.05) is 6.54 Å². The molecule has 0 fully saturated rings. The van der Waals surface area contributed by atoms with Crippen molar-refractivity contribution >= 4 is 17.4 Å². The fourth-order valence-corrected chi connectivity index (χ4v) is 2.45. The van der Waals surface area contributed by atoms with Crippen LogP contribution in [-0.2, 0) is 13.5 Å². The second-order valence-corrected chi connectivity index (χ2v) is 5.23. The summed E-state index contributed by atoms with van der Waals surface area (Å²) in [5.74, 6) is 0. The van der Waals surface area contributed by atoms with Crippen molar-refractivity contribution in [1.29, 1.82) is 0 Å². The normalized spacial score (nSPS) is 12.1. The van der Waals surface area contributed by atoms with Gasteiger partial charge in [0.25, 0.3) is 0 Å². The predicted octanol–water partition coefficient (Wildman–Crippen LogP) is 2.08. The molecule has 0 bridgehead atoms. The molecule has 0 aliphatic rings. The molecule has 5 nitrogen and oxygen atoms in total. The van der Waals surface area contributed by atoms with E-state index in [1.807, 2.05) is 25.5 Å². The molecule has 2 rings (SSSR count). The zero-order valence-electron chi connectivity index (χ0n) is 11.1. The summed E-state index contributed by atoms with van der Waals surface area (Å²) in [5.41, 5.74) is 2.25. The highest BCUT2D eigenvalue weighted by atomic mass is 32.1. The van der Waals surface area contributed by atoms with Crippen LogP contribution in [-0.4, -0.2) is 22.4 Å². The van der Waals surface area contributed by atoms with Crippen molar-refractivity contribution in [3.8, 4) is 0 Å². The average molecular weight is 278 g/mol. The predicted molar refractivity (Wildman–Crippen MR) is 76.2 cm³/mol. The van der Waals surface area contributed by atoms with E-state index in [0.29, 0.717) is 6.54 Å². The molecule has 0 aliphatic heterocycles. The van der Waals surface area contributed by atoms with Crippen molar-refractivity contribution in [2.24, 2.45) is 7.05 Å². The quantitative estimate of drug-likeness (QED) is 0.879. The molecular formula is C13H18N4OS. The van der Waals surface area contributed by atoms with Crippen molar-refractivity contribution in [3.05, 3.63) is 40.3 Å². The molecule has 102 valence electrons. The van der Waals surface area contributed by atoms with Crippen LogP contribution >= 0.6 is 11.3 Å². The summed E-state index contributed by atoms with van der Waals surface area (Å²) in [7, 11) is 1.86. The number of urea groups is 1. The van der Waals surface area contributed by atoms with E-state index in [9.17, 15) is 4.79 Å². The summed E-state index contributed by atoms with van der Waals surface area (Å²) in [6, 6.07) is 1.88. The molecule has 2 heterocycles. The Bertz CT molecular complexity index is 520. The first kappa shape index (κ1) is 13.6. The van der Waals surface area contributed by atoms with Crippen molar-refractivity contribution < 1.29 is 4.79 Å². The number of thiophene rings is 1. The largest absolute Gasteiger partial charge is 0.338 e. The molecule has 0 unspecified atom stereocenters. The van der Waals surface area contributed by atoms with Gasteiger partial charge in [-0.1, -0.05) is 0 Å². The minimum absolute atomic E-state index is 0.0464. The third-order valence-electron chi connectivity index (χ3n) is 2.85. The van der Waals surface area contributed by atoms with E-state index in [2.05, 4.69) is 27.2 Å². The van der Waals surface area contributed by atoms with Gasteiger partial charge in [-0.15, -0.1) is 0 Å². The van der Waals surface area contributed by atoms with Crippen LogP contribution in [0.25, 0.3) is 0 Å². The molecule has 2 aromatic heterocycles. The van der Waals surface area contributed by atoms with Gasteiger partial charge >= 0.3 is 6.03 Å². The fourth-order valence-electron chi connectivity index (χ4n) is 1.75. The summed E-state index contributed by atoms with van der Waals surface area (Å²) < 4.78 is 1.72. The third-order valence-corrected chi connectivity index (χ3v) is 3.58. The van der Waals surface area contributed by atoms with E-state index in [-0.39, 0.29) is 12.1 Å². The number of carbonyl (C=O) groups excluding carboxylic acids is 1. The zero-order valence-corrected chi connectivity index (χ0v) is 11.9. The molecule has 0 aromatic carbocycles. The number of hydrogen-bond acceptors (Lipinski definition) is 3. The first-order chi connectivity index (χ1) is 9.15. The lowest BCUT2D eigenvalue weighted by atomic mass is 10.2. The molecule has 2 amide bonds. The van der Waals surface area contributed by atoms with Gasteiger partial charge in [0.2, 0.25) is 0 Å². The number of nitrogens with zero attached hydrogens (tertiary/aromatic N) is 2. The smallest absolute Gasteiger partial charge is 0.315 e. The molecule has 0 saturated carbocycles. The molecule has 1 atom stereocenters. The molecule has 2 N–H and O–H groups in total. The lowest BCUT2D eigenvalue weighted by Crippen LogP contribution is -2.37. The van der Waals surface area contributed by atoms with Crippen LogP contribution in [0.15, 0.2) is 29.2 Å². The highest BCUT2D eigenvalue weighted by Crippen LogP contribution is 2.09. The first-order valence-corrected chi connectivity index (χ1v) is 7.13. The monoisotopic (exact) mass is 278 g/mol. The maximum atomic E-state index is 11.7.